The van der Waals surface area contributed by atoms with Crippen LogP contribution in [0.3, 0.4) is 0 Å². The molecule has 0 aliphatic heterocycles. The van der Waals surface area contributed by atoms with Crippen LogP contribution < -0.4 is 5.32 Å². The van der Waals surface area contributed by atoms with Crippen LogP contribution in [-0.4, -0.2) is 26.5 Å². The van der Waals surface area contributed by atoms with Crippen molar-refractivity contribution < 1.29 is 14.6 Å². The monoisotopic (exact) mass is 496 g/mol. The summed E-state index contributed by atoms with van der Waals surface area (Å²) in [6, 6.07) is 11.0. The second-order valence-corrected chi connectivity index (χ2v) is 7.21. The van der Waals surface area contributed by atoms with E-state index in [1.54, 1.807) is 31.2 Å². The Balaban J connectivity index is 1.90. The van der Waals surface area contributed by atoms with Gasteiger partial charge in [-0.15, -0.1) is 10.2 Å². The van der Waals surface area contributed by atoms with Gasteiger partial charge >= 0.3 is 0 Å². The Kier molecular flexibility index (Phi) is 5.84. The summed E-state index contributed by atoms with van der Waals surface area (Å²) >= 11 is 8.23. The van der Waals surface area contributed by atoms with Crippen molar-refractivity contribution in [2.45, 2.75) is 19.1 Å². The smallest absolute Gasteiger partial charge is 0.247 e. The van der Waals surface area contributed by atoms with E-state index in [0.717, 1.165) is 0 Å². The van der Waals surface area contributed by atoms with Crippen molar-refractivity contribution in [2.75, 3.05) is 5.32 Å². The largest absolute Gasteiger partial charge is 0.508 e. The fraction of sp³-hybridized carbons (Fsp3) is 0.167. The van der Waals surface area contributed by atoms with Gasteiger partial charge in [-0.05, 0) is 65.9 Å². The lowest BCUT2D eigenvalue weighted by Crippen LogP contribution is -2.23. The predicted octanol–water partition coefficient (Wildman–Crippen LogP) is 4.11. The van der Waals surface area contributed by atoms with E-state index in [0.29, 0.717) is 25.4 Å². The first-order valence-electron chi connectivity index (χ1n) is 7.86. The van der Waals surface area contributed by atoms with Crippen LogP contribution in [0.4, 0.5) is 5.69 Å². The minimum atomic E-state index is -0.844. The molecule has 0 bridgehead atoms. The average Bonchev–Trinajstić information content (AvgIpc) is 3.13. The Morgan fingerprint density at radius 3 is 2.56 bits per heavy atom. The molecule has 3 N–H and O–H groups in total. The molecule has 0 aliphatic carbocycles. The number of hydrogen-bond acceptors (Lipinski definition) is 7. The Morgan fingerprint density at radius 2 is 1.93 bits per heavy atom. The highest BCUT2D eigenvalue weighted by Crippen LogP contribution is 2.33. The van der Waals surface area contributed by atoms with E-state index >= 15 is 0 Å². The van der Waals surface area contributed by atoms with E-state index in [1.165, 1.54) is 12.1 Å². The molecule has 0 spiro atoms. The number of aliphatic hydroxyl groups is 1. The number of nitriles is 1. The van der Waals surface area contributed by atoms with Crippen molar-refractivity contribution in [3.63, 3.8) is 0 Å². The molecule has 3 aromatic rings. The van der Waals surface area contributed by atoms with E-state index in [-0.39, 0.29) is 17.5 Å². The standard InChI is InChI=1S/C18H14ClIN4O3/c1-9(25)16(22-13-7-4-11(8-21)14(19)15(13)20)18-24-23-17(27-18)10-2-5-12(26)6-3-10/h2-7,9,16,22,25-26H,1H3/t9-,16-/m1/s1. The molecule has 0 amide bonds. The molecule has 0 saturated carbocycles. The van der Waals surface area contributed by atoms with Crippen molar-refractivity contribution in [3.8, 4) is 23.3 Å². The fourth-order valence-electron chi connectivity index (χ4n) is 2.38. The predicted molar refractivity (Wildman–Crippen MR) is 108 cm³/mol. The molecule has 7 nitrogen and oxygen atoms in total. The molecule has 1 heterocycles. The number of phenols is 1. The van der Waals surface area contributed by atoms with Gasteiger partial charge in [0, 0.05) is 11.3 Å². The molecule has 0 radical (unpaired) electrons. The molecule has 1 aromatic heterocycles. The minimum absolute atomic E-state index is 0.134. The number of aromatic nitrogens is 2. The number of nitrogens with one attached hydrogen (secondary N) is 1. The third-order valence-electron chi connectivity index (χ3n) is 3.82. The first-order valence-corrected chi connectivity index (χ1v) is 9.32. The number of phenolic OH excluding ortho intramolecular Hbond substituents is 1. The molecular formula is C18H14ClIN4O3. The van der Waals surface area contributed by atoms with Crippen LogP contribution in [0.2, 0.25) is 5.02 Å². The van der Waals surface area contributed by atoms with Crippen LogP contribution in [0.25, 0.3) is 11.5 Å². The average molecular weight is 497 g/mol. The maximum Gasteiger partial charge on any atom is 0.247 e. The molecule has 2 aromatic carbocycles. The summed E-state index contributed by atoms with van der Waals surface area (Å²) in [5.41, 5.74) is 1.65. The van der Waals surface area contributed by atoms with Crippen molar-refractivity contribution in [1.29, 1.82) is 5.26 Å². The summed E-state index contributed by atoms with van der Waals surface area (Å²) in [7, 11) is 0. The highest BCUT2D eigenvalue weighted by atomic mass is 127. The normalized spacial score (nSPS) is 13.0. The van der Waals surface area contributed by atoms with Crippen LogP contribution >= 0.6 is 34.2 Å². The maximum atomic E-state index is 10.2. The van der Waals surface area contributed by atoms with Crippen LogP contribution in [0.1, 0.15) is 24.4 Å². The first kappa shape index (κ1) is 19.4. The number of anilines is 1. The summed E-state index contributed by atoms with van der Waals surface area (Å²) in [5, 5.41) is 40.1. The molecule has 0 saturated heterocycles. The van der Waals surface area contributed by atoms with E-state index < -0.39 is 12.1 Å². The molecule has 0 unspecified atom stereocenters. The number of hydrogen-bond donors (Lipinski definition) is 3. The van der Waals surface area contributed by atoms with Gasteiger partial charge in [-0.3, -0.25) is 0 Å². The van der Waals surface area contributed by atoms with E-state index in [2.05, 4.69) is 15.5 Å². The summed E-state index contributed by atoms with van der Waals surface area (Å²) in [5.74, 6) is 0.601. The minimum Gasteiger partial charge on any atom is -0.508 e. The molecule has 0 aliphatic rings. The number of halogens is 2. The summed E-state index contributed by atoms with van der Waals surface area (Å²) in [6.45, 7) is 1.60. The molecule has 138 valence electrons. The van der Waals surface area contributed by atoms with Gasteiger partial charge < -0.3 is 19.9 Å². The van der Waals surface area contributed by atoms with Crippen LogP contribution in [0, 0.1) is 14.9 Å². The lowest BCUT2D eigenvalue weighted by Gasteiger charge is -2.20. The summed E-state index contributed by atoms with van der Waals surface area (Å²) < 4.78 is 6.36. The van der Waals surface area contributed by atoms with Crippen LogP contribution in [-0.2, 0) is 0 Å². The Morgan fingerprint density at radius 1 is 1.22 bits per heavy atom. The van der Waals surface area contributed by atoms with Gasteiger partial charge in [0.15, 0.2) is 0 Å². The number of aromatic hydroxyl groups is 1. The molecule has 2 atom stereocenters. The van der Waals surface area contributed by atoms with Crippen molar-refractivity contribution in [2.24, 2.45) is 0 Å². The number of nitrogens with zero attached hydrogens (tertiary/aromatic N) is 3. The van der Waals surface area contributed by atoms with Gasteiger partial charge in [-0.25, -0.2) is 0 Å². The third-order valence-corrected chi connectivity index (χ3v) is 5.65. The van der Waals surface area contributed by atoms with Gasteiger partial charge in [-0.1, -0.05) is 11.6 Å². The van der Waals surface area contributed by atoms with Crippen LogP contribution in [0.15, 0.2) is 40.8 Å². The SMILES string of the molecule is C[C@@H](O)[C@@H](Nc1ccc(C#N)c(Cl)c1I)c1nnc(-c2ccc(O)cc2)o1. The first-order chi connectivity index (χ1) is 12.9. The Labute approximate surface area is 173 Å². The van der Waals surface area contributed by atoms with Gasteiger partial charge in [0.1, 0.15) is 17.9 Å². The zero-order chi connectivity index (χ0) is 19.6. The van der Waals surface area contributed by atoms with Crippen LogP contribution in [0.5, 0.6) is 5.75 Å². The fourth-order valence-corrected chi connectivity index (χ4v) is 3.22. The lowest BCUT2D eigenvalue weighted by atomic mass is 10.1. The summed E-state index contributed by atoms with van der Waals surface area (Å²) in [6.07, 6.45) is -0.844. The van der Waals surface area contributed by atoms with Crippen molar-refractivity contribution in [3.05, 3.63) is 56.4 Å². The molecule has 27 heavy (non-hydrogen) atoms. The summed E-state index contributed by atoms with van der Waals surface area (Å²) in [4.78, 5) is 0. The quantitative estimate of drug-likeness (QED) is 0.455. The molecule has 0 fully saturated rings. The number of rotatable bonds is 5. The Bertz CT molecular complexity index is 999. The molecule has 3 rings (SSSR count). The van der Waals surface area contributed by atoms with Gasteiger partial charge in [0.25, 0.3) is 0 Å². The van der Waals surface area contributed by atoms with E-state index in [9.17, 15) is 10.2 Å². The molecule has 9 heteroatoms. The second-order valence-electron chi connectivity index (χ2n) is 5.76. The molecular weight excluding hydrogens is 483 g/mol. The highest BCUT2D eigenvalue weighted by molar-refractivity contribution is 14.1. The zero-order valence-corrected chi connectivity index (χ0v) is 16.9. The Hall–Kier alpha value is -2.35. The number of benzene rings is 2. The third kappa shape index (κ3) is 4.16. The van der Waals surface area contributed by atoms with E-state index in [4.69, 9.17) is 21.3 Å². The topological polar surface area (TPSA) is 115 Å². The van der Waals surface area contributed by atoms with Crippen molar-refractivity contribution >= 4 is 39.9 Å². The van der Waals surface area contributed by atoms with Gasteiger partial charge in [0.05, 0.1) is 20.3 Å². The number of aliphatic hydroxyl groups excluding tert-OH is 1. The van der Waals surface area contributed by atoms with Gasteiger partial charge in [0.2, 0.25) is 11.8 Å². The zero-order valence-electron chi connectivity index (χ0n) is 14.0. The maximum absolute atomic E-state index is 10.2. The van der Waals surface area contributed by atoms with Crippen molar-refractivity contribution in [1.82, 2.24) is 10.2 Å². The second kappa shape index (κ2) is 8.12. The lowest BCUT2D eigenvalue weighted by molar-refractivity contribution is 0.159. The van der Waals surface area contributed by atoms with Gasteiger partial charge in [-0.2, -0.15) is 5.26 Å². The van der Waals surface area contributed by atoms with E-state index in [1.807, 2.05) is 28.7 Å². The highest BCUT2D eigenvalue weighted by Gasteiger charge is 2.25.